The van der Waals surface area contributed by atoms with Gasteiger partial charge in [0.25, 0.3) is 0 Å². The largest absolute Gasteiger partial charge is 0.458 e. The summed E-state index contributed by atoms with van der Waals surface area (Å²) in [6.45, 7) is 18.1. The van der Waals surface area contributed by atoms with E-state index < -0.39 is 53.2 Å². The van der Waals surface area contributed by atoms with E-state index >= 15 is 0 Å². The fourth-order valence-electron chi connectivity index (χ4n) is 4.89. The van der Waals surface area contributed by atoms with Crippen LogP contribution in [-0.2, 0) is 30.3 Å². The van der Waals surface area contributed by atoms with Gasteiger partial charge >= 0.3 is 12.1 Å². The van der Waals surface area contributed by atoms with E-state index in [-0.39, 0.29) is 12.3 Å². The number of rotatable bonds is 11. The molecule has 0 aromatic heterocycles. The van der Waals surface area contributed by atoms with Gasteiger partial charge in [0.15, 0.2) is 0 Å². The lowest BCUT2D eigenvalue weighted by molar-refractivity contribution is -0.159. The Bertz CT molecular complexity index is 1280. The topological polar surface area (TPSA) is 114 Å². The summed E-state index contributed by atoms with van der Waals surface area (Å²) in [5, 5.41) is 5.65. The van der Waals surface area contributed by atoms with Crippen molar-refractivity contribution in [3.05, 3.63) is 70.8 Å². The predicted molar refractivity (Wildman–Crippen MR) is 172 cm³/mol. The second-order valence-electron chi connectivity index (χ2n) is 13.5. The maximum atomic E-state index is 14.3. The number of carbonyl (C=O) groups excluding carboxylic acids is 4. The first-order valence-electron chi connectivity index (χ1n) is 15.2. The summed E-state index contributed by atoms with van der Waals surface area (Å²) < 4.78 is 11.1. The number of amides is 3. The first kappa shape index (κ1) is 36.3. The molecule has 0 radical (unpaired) electrons. The van der Waals surface area contributed by atoms with Crippen molar-refractivity contribution in [2.24, 2.45) is 5.92 Å². The number of nitrogens with one attached hydrogen (secondary N) is 2. The normalized spacial score (nSPS) is 14.4. The zero-order chi connectivity index (χ0) is 33.4. The van der Waals surface area contributed by atoms with Crippen LogP contribution < -0.4 is 10.6 Å². The number of aryl methyl sites for hydroxylation is 2. The van der Waals surface area contributed by atoms with Gasteiger partial charge in [0, 0.05) is 13.5 Å². The smallest absolute Gasteiger partial charge is 0.408 e. The molecule has 0 aliphatic heterocycles. The Balaban J connectivity index is 2.55. The Labute approximate surface area is 263 Å². The van der Waals surface area contributed by atoms with Crippen molar-refractivity contribution >= 4 is 23.9 Å². The molecule has 2 aromatic rings. The van der Waals surface area contributed by atoms with Crippen molar-refractivity contribution in [1.29, 1.82) is 0 Å². The van der Waals surface area contributed by atoms with Crippen molar-refractivity contribution < 1.29 is 28.7 Å². The summed E-state index contributed by atoms with van der Waals surface area (Å²) in [5.41, 5.74) is 1.57. The van der Waals surface area contributed by atoms with E-state index in [9.17, 15) is 19.2 Å². The fourth-order valence-corrected chi connectivity index (χ4v) is 4.89. The molecule has 2 rings (SSSR count). The van der Waals surface area contributed by atoms with Gasteiger partial charge in [-0.2, -0.15) is 0 Å². The van der Waals surface area contributed by atoms with Crippen LogP contribution in [0.1, 0.15) is 90.1 Å². The molecule has 0 saturated heterocycles. The molecule has 0 spiro atoms. The van der Waals surface area contributed by atoms with Crippen LogP contribution in [0.15, 0.2) is 48.5 Å². The van der Waals surface area contributed by atoms with Crippen molar-refractivity contribution in [3.8, 4) is 0 Å². The highest BCUT2D eigenvalue weighted by molar-refractivity contribution is 5.94. The van der Waals surface area contributed by atoms with Crippen LogP contribution in [-0.4, -0.2) is 59.1 Å². The highest BCUT2D eigenvalue weighted by atomic mass is 16.6. The number of alkyl carbamates (subject to hydrolysis) is 1. The summed E-state index contributed by atoms with van der Waals surface area (Å²) in [6, 6.07) is 11.9. The monoisotopic (exact) mass is 609 g/mol. The van der Waals surface area contributed by atoms with Gasteiger partial charge in [-0.15, -0.1) is 0 Å². The first-order chi connectivity index (χ1) is 20.3. The molecule has 0 aliphatic rings. The molecule has 9 nitrogen and oxygen atoms in total. The van der Waals surface area contributed by atoms with Crippen LogP contribution in [0.4, 0.5) is 4.79 Å². The lowest BCUT2D eigenvalue weighted by Crippen LogP contribution is -2.55. The van der Waals surface area contributed by atoms with E-state index in [2.05, 4.69) is 10.6 Å². The van der Waals surface area contributed by atoms with Crippen molar-refractivity contribution in [3.63, 3.8) is 0 Å². The fraction of sp³-hybridized carbons (Fsp3) is 0.543. The van der Waals surface area contributed by atoms with Crippen molar-refractivity contribution in [1.82, 2.24) is 15.5 Å². The Morgan fingerprint density at radius 2 is 1.36 bits per heavy atom. The Hall–Kier alpha value is -3.88. The van der Waals surface area contributed by atoms with Gasteiger partial charge in [0.1, 0.15) is 29.3 Å². The van der Waals surface area contributed by atoms with Crippen LogP contribution in [0.2, 0.25) is 0 Å². The minimum atomic E-state index is -1.10. The minimum Gasteiger partial charge on any atom is -0.458 e. The Morgan fingerprint density at radius 1 is 0.818 bits per heavy atom. The molecule has 4 atom stereocenters. The van der Waals surface area contributed by atoms with Gasteiger partial charge in [-0.3, -0.25) is 9.59 Å². The summed E-state index contributed by atoms with van der Waals surface area (Å²) in [4.78, 5) is 56.0. The predicted octanol–water partition coefficient (Wildman–Crippen LogP) is 5.81. The zero-order valence-corrected chi connectivity index (χ0v) is 28.2. The van der Waals surface area contributed by atoms with Gasteiger partial charge in [-0.25, -0.2) is 9.59 Å². The molecule has 4 unspecified atom stereocenters. The summed E-state index contributed by atoms with van der Waals surface area (Å²) in [6.07, 6.45) is 0.0809. The zero-order valence-electron chi connectivity index (χ0n) is 28.2. The van der Waals surface area contributed by atoms with E-state index in [1.807, 2.05) is 76.2 Å². The number of ether oxygens (including phenoxy) is 2. The van der Waals surface area contributed by atoms with Crippen LogP contribution >= 0.6 is 0 Å². The molecule has 3 amide bonds. The molecule has 2 aromatic carbocycles. The average molecular weight is 610 g/mol. The molecule has 0 saturated carbocycles. The molecule has 0 aliphatic carbocycles. The minimum absolute atomic E-state index is 0.203. The highest BCUT2D eigenvalue weighted by Gasteiger charge is 2.39. The molecular formula is C35H51N3O6. The number of likely N-dealkylation sites (N-methyl/N-ethyl adjacent to an activating group) is 1. The molecular weight excluding hydrogens is 558 g/mol. The van der Waals surface area contributed by atoms with Gasteiger partial charge in [0.05, 0.1) is 0 Å². The number of hydrogen-bond acceptors (Lipinski definition) is 6. The van der Waals surface area contributed by atoms with Crippen LogP contribution in [0, 0.1) is 19.8 Å². The summed E-state index contributed by atoms with van der Waals surface area (Å²) in [7, 11) is 1.55. The number of esters is 1. The molecule has 0 bridgehead atoms. The maximum absolute atomic E-state index is 14.3. The van der Waals surface area contributed by atoms with E-state index in [1.54, 1.807) is 48.6 Å². The van der Waals surface area contributed by atoms with E-state index in [1.165, 1.54) is 4.90 Å². The third-order valence-corrected chi connectivity index (χ3v) is 7.24. The van der Waals surface area contributed by atoms with E-state index in [0.29, 0.717) is 12.0 Å². The van der Waals surface area contributed by atoms with Crippen LogP contribution in [0.25, 0.3) is 0 Å². The van der Waals surface area contributed by atoms with Crippen molar-refractivity contribution in [2.45, 2.75) is 111 Å². The summed E-state index contributed by atoms with van der Waals surface area (Å²) in [5.74, 6) is -1.82. The second-order valence-corrected chi connectivity index (χ2v) is 13.5. The quantitative estimate of drug-likeness (QED) is 0.311. The maximum Gasteiger partial charge on any atom is 0.408 e. The van der Waals surface area contributed by atoms with E-state index in [4.69, 9.17) is 9.47 Å². The number of carbonyl (C=O) groups is 4. The van der Waals surface area contributed by atoms with Gasteiger partial charge in [0.2, 0.25) is 11.8 Å². The van der Waals surface area contributed by atoms with Crippen LogP contribution in [0.3, 0.4) is 0 Å². The van der Waals surface area contributed by atoms with Crippen LogP contribution in [0.5, 0.6) is 0 Å². The van der Waals surface area contributed by atoms with Gasteiger partial charge in [-0.1, -0.05) is 68.8 Å². The van der Waals surface area contributed by atoms with Gasteiger partial charge in [-0.05, 0) is 83.6 Å². The molecule has 44 heavy (non-hydrogen) atoms. The van der Waals surface area contributed by atoms with E-state index in [0.717, 1.165) is 16.7 Å². The molecule has 0 fully saturated rings. The van der Waals surface area contributed by atoms with Crippen molar-refractivity contribution in [2.75, 3.05) is 7.05 Å². The third-order valence-electron chi connectivity index (χ3n) is 7.24. The lowest BCUT2D eigenvalue weighted by atomic mass is 9.92. The molecule has 2 N–H and O–H groups in total. The standard InChI is InChI=1S/C35H51N3O6/c1-12-22(2)28(37-33(42)44-35(8,9)10)31(40)38(11)29(27-23(3)17-16-18-24(27)4)30(39)36-26(32(41)43-34(5,6)7)21-25-19-14-13-15-20-25/h13-20,22,26,28-29H,12,21H2,1-11H3,(H,36,39)(H,37,42). The molecule has 9 heteroatoms. The lowest BCUT2D eigenvalue weighted by Gasteiger charge is -2.35. The number of benzene rings is 2. The SMILES string of the molecule is CCC(C)C(NC(=O)OC(C)(C)C)C(=O)N(C)C(C(=O)NC(Cc1ccccc1)C(=O)OC(C)(C)C)c1c(C)cccc1C. The highest BCUT2D eigenvalue weighted by Crippen LogP contribution is 2.29. The molecule has 0 heterocycles. The Kier molecular flexibility index (Phi) is 12.6. The first-order valence-corrected chi connectivity index (χ1v) is 15.2. The Morgan fingerprint density at radius 3 is 1.86 bits per heavy atom. The third kappa shape index (κ3) is 10.7. The average Bonchev–Trinajstić information content (AvgIpc) is 2.90. The summed E-state index contributed by atoms with van der Waals surface area (Å²) >= 11 is 0. The molecule has 242 valence electrons. The van der Waals surface area contributed by atoms with Gasteiger partial charge < -0.3 is 25.0 Å². The second kappa shape index (κ2) is 15.2. The number of nitrogens with zero attached hydrogens (tertiary/aromatic N) is 1. The number of hydrogen-bond donors (Lipinski definition) is 2.